The van der Waals surface area contributed by atoms with Gasteiger partial charge < -0.3 is 5.32 Å². The third-order valence-corrected chi connectivity index (χ3v) is 7.54. The first-order valence-corrected chi connectivity index (χ1v) is 11.6. The maximum absolute atomic E-state index is 13.0. The van der Waals surface area contributed by atoms with Crippen molar-refractivity contribution in [1.29, 1.82) is 0 Å². The number of sulfonamides is 1. The Morgan fingerprint density at radius 2 is 1.59 bits per heavy atom. The van der Waals surface area contributed by atoms with Crippen LogP contribution in [0.2, 0.25) is 0 Å². The molecule has 1 aliphatic rings. The van der Waals surface area contributed by atoms with Gasteiger partial charge in [0.2, 0.25) is 15.9 Å². The SMILES string of the molecule is O=C(Nc1ccc2ccccc2c1)C1CCN(S(=O)(=O)c2cccc(C(F)(F)F)c2)CC1. The van der Waals surface area contributed by atoms with Gasteiger partial charge in [-0.1, -0.05) is 36.4 Å². The third kappa shape index (κ3) is 4.63. The highest BCUT2D eigenvalue weighted by atomic mass is 32.2. The first kappa shape index (κ1) is 22.3. The average Bonchev–Trinajstić information content (AvgIpc) is 2.78. The maximum atomic E-state index is 13.0. The van der Waals surface area contributed by atoms with E-state index in [4.69, 9.17) is 0 Å². The van der Waals surface area contributed by atoms with Crippen LogP contribution in [-0.2, 0) is 21.0 Å². The summed E-state index contributed by atoms with van der Waals surface area (Å²) in [5.41, 5.74) is -0.351. The number of nitrogens with one attached hydrogen (secondary N) is 1. The minimum Gasteiger partial charge on any atom is -0.326 e. The summed E-state index contributed by atoms with van der Waals surface area (Å²) in [6, 6.07) is 17.1. The van der Waals surface area contributed by atoms with Gasteiger partial charge in [-0.3, -0.25) is 4.79 Å². The Morgan fingerprint density at radius 3 is 2.28 bits per heavy atom. The molecule has 0 aromatic heterocycles. The van der Waals surface area contributed by atoms with Gasteiger partial charge in [-0.2, -0.15) is 17.5 Å². The largest absolute Gasteiger partial charge is 0.416 e. The summed E-state index contributed by atoms with van der Waals surface area (Å²) < 4.78 is 65.6. The molecule has 3 aromatic carbocycles. The number of halogens is 3. The number of nitrogens with zero attached hydrogens (tertiary/aromatic N) is 1. The molecule has 1 aliphatic heterocycles. The van der Waals surface area contributed by atoms with Crippen molar-refractivity contribution in [3.63, 3.8) is 0 Å². The second-order valence-corrected chi connectivity index (χ2v) is 9.69. The van der Waals surface area contributed by atoms with Gasteiger partial charge in [-0.05, 0) is 53.9 Å². The maximum Gasteiger partial charge on any atom is 0.416 e. The fourth-order valence-electron chi connectivity index (χ4n) is 3.85. The predicted molar refractivity (Wildman–Crippen MR) is 116 cm³/mol. The number of piperidine rings is 1. The van der Waals surface area contributed by atoms with Crippen LogP contribution in [0.15, 0.2) is 71.6 Å². The monoisotopic (exact) mass is 462 g/mol. The van der Waals surface area contributed by atoms with Gasteiger partial charge in [-0.25, -0.2) is 8.42 Å². The quantitative estimate of drug-likeness (QED) is 0.600. The number of benzene rings is 3. The summed E-state index contributed by atoms with van der Waals surface area (Å²) >= 11 is 0. The lowest BCUT2D eigenvalue weighted by molar-refractivity contribution is -0.137. The van der Waals surface area contributed by atoms with Gasteiger partial charge in [0.05, 0.1) is 10.5 Å². The van der Waals surface area contributed by atoms with E-state index in [1.165, 1.54) is 0 Å². The average molecular weight is 462 g/mol. The molecule has 1 amide bonds. The lowest BCUT2D eigenvalue weighted by atomic mass is 9.97. The van der Waals surface area contributed by atoms with Crippen LogP contribution in [-0.4, -0.2) is 31.7 Å². The molecular weight excluding hydrogens is 441 g/mol. The lowest BCUT2D eigenvalue weighted by Gasteiger charge is -2.30. The molecule has 0 bridgehead atoms. The molecule has 0 saturated carbocycles. The van der Waals surface area contributed by atoms with E-state index in [0.717, 1.165) is 33.3 Å². The second-order valence-electron chi connectivity index (χ2n) is 7.76. The van der Waals surface area contributed by atoms with Crippen molar-refractivity contribution in [2.24, 2.45) is 5.92 Å². The van der Waals surface area contributed by atoms with Crippen molar-refractivity contribution < 1.29 is 26.4 Å². The highest BCUT2D eigenvalue weighted by Gasteiger charge is 2.35. The van der Waals surface area contributed by atoms with Crippen LogP contribution in [0.3, 0.4) is 0 Å². The van der Waals surface area contributed by atoms with E-state index in [0.29, 0.717) is 11.8 Å². The van der Waals surface area contributed by atoms with Crippen LogP contribution < -0.4 is 5.32 Å². The van der Waals surface area contributed by atoms with Crippen LogP contribution in [0.1, 0.15) is 18.4 Å². The molecule has 0 radical (unpaired) electrons. The summed E-state index contributed by atoms with van der Waals surface area (Å²) in [7, 11) is -4.08. The zero-order valence-electron chi connectivity index (χ0n) is 17.0. The number of carbonyl (C=O) groups excluding carboxylic acids is 1. The minimum atomic E-state index is -4.63. The van der Waals surface area contributed by atoms with Gasteiger partial charge in [-0.15, -0.1) is 0 Å². The lowest BCUT2D eigenvalue weighted by Crippen LogP contribution is -2.41. The highest BCUT2D eigenvalue weighted by molar-refractivity contribution is 7.89. The number of rotatable bonds is 4. The first-order valence-electron chi connectivity index (χ1n) is 10.1. The molecule has 0 spiro atoms. The number of alkyl halides is 3. The summed E-state index contributed by atoms with van der Waals surface area (Å²) in [6.07, 6.45) is -4.05. The smallest absolute Gasteiger partial charge is 0.326 e. The van der Waals surface area contributed by atoms with E-state index in [2.05, 4.69) is 5.32 Å². The number of hydrogen-bond donors (Lipinski definition) is 1. The molecule has 3 aromatic rings. The zero-order chi connectivity index (χ0) is 22.9. The second kappa shape index (κ2) is 8.55. The first-order chi connectivity index (χ1) is 15.1. The van der Waals surface area contributed by atoms with Gasteiger partial charge in [0.25, 0.3) is 0 Å². The molecule has 1 saturated heterocycles. The number of anilines is 1. The molecular formula is C23H21F3N2O3S. The standard InChI is InChI=1S/C23H21F3N2O3S/c24-23(25,26)19-6-3-7-21(15-19)32(30,31)28-12-10-17(11-13-28)22(29)27-20-9-8-16-4-1-2-5-18(16)14-20/h1-9,14-15,17H,10-13H2,(H,27,29). The van der Waals surface area contributed by atoms with Gasteiger partial charge in [0, 0.05) is 24.7 Å². The van der Waals surface area contributed by atoms with E-state index in [1.807, 2.05) is 42.5 Å². The van der Waals surface area contributed by atoms with E-state index in [1.54, 1.807) is 0 Å². The third-order valence-electron chi connectivity index (χ3n) is 5.64. The van der Waals surface area contributed by atoms with Crippen LogP contribution in [0.5, 0.6) is 0 Å². The summed E-state index contributed by atoms with van der Waals surface area (Å²) in [5, 5.41) is 4.93. The number of hydrogen-bond acceptors (Lipinski definition) is 3. The van der Waals surface area contributed by atoms with Crippen LogP contribution in [0.4, 0.5) is 18.9 Å². The van der Waals surface area contributed by atoms with Crippen molar-refractivity contribution in [3.8, 4) is 0 Å². The topological polar surface area (TPSA) is 66.5 Å². The molecule has 5 nitrogen and oxygen atoms in total. The van der Waals surface area contributed by atoms with Crippen LogP contribution in [0.25, 0.3) is 10.8 Å². The number of carbonyl (C=O) groups is 1. The summed E-state index contributed by atoms with van der Waals surface area (Å²) in [6.45, 7) is 0.128. The van der Waals surface area contributed by atoms with E-state index < -0.39 is 26.7 Å². The Bertz CT molecular complexity index is 1250. The van der Waals surface area contributed by atoms with Crippen molar-refractivity contribution in [2.75, 3.05) is 18.4 Å². The molecule has 4 rings (SSSR count). The van der Waals surface area contributed by atoms with E-state index in [9.17, 15) is 26.4 Å². The molecule has 0 aliphatic carbocycles. The molecule has 1 N–H and O–H groups in total. The predicted octanol–water partition coefficient (Wildman–Crippen LogP) is 4.90. The molecule has 168 valence electrons. The van der Waals surface area contributed by atoms with Crippen molar-refractivity contribution in [3.05, 3.63) is 72.3 Å². The fourth-order valence-corrected chi connectivity index (χ4v) is 5.37. The molecule has 32 heavy (non-hydrogen) atoms. The minimum absolute atomic E-state index is 0.0639. The molecule has 0 unspecified atom stereocenters. The van der Waals surface area contributed by atoms with Crippen LogP contribution >= 0.6 is 0 Å². The zero-order valence-corrected chi connectivity index (χ0v) is 17.8. The Hall–Kier alpha value is -2.91. The Labute approximate surface area is 183 Å². The number of amides is 1. The normalized spacial score (nSPS) is 16.2. The molecule has 1 heterocycles. The Kier molecular flexibility index (Phi) is 5.96. The summed E-state index contributed by atoms with van der Waals surface area (Å²) in [4.78, 5) is 12.3. The summed E-state index contributed by atoms with van der Waals surface area (Å²) in [5.74, 6) is -0.578. The van der Waals surface area contributed by atoms with Crippen LogP contribution in [0, 0.1) is 5.92 Å². The van der Waals surface area contributed by atoms with E-state index in [-0.39, 0.29) is 37.8 Å². The van der Waals surface area contributed by atoms with E-state index >= 15 is 0 Å². The van der Waals surface area contributed by atoms with Crippen molar-refractivity contribution in [2.45, 2.75) is 23.9 Å². The van der Waals surface area contributed by atoms with Gasteiger partial charge in [0.15, 0.2) is 0 Å². The molecule has 9 heteroatoms. The molecule has 1 fully saturated rings. The highest BCUT2D eigenvalue weighted by Crippen LogP contribution is 2.32. The van der Waals surface area contributed by atoms with Gasteiger partial charge >= 0.3 is 6.18 Å². The fraction of sp³-hybridized carbons (Fsp3) is 0.261. The Balaban J connectivity index is 1.41. The van der Waals surface area contributed by atoms with Crippen molar-refractivity contribution in [1.82, 2.24) is 4.31 Å². The number of fused-ring (bicyclic) bond motifs is 1. The van der Waals surface area contributed by atoms with Crippen molar-refractivity contribution >= 4 is 32.4 Å². The molecule has 0 atom stereocenters. The van der Waals surface area contributed by atoms with Gasteiger partial charge in [0.1, 0.15) is 0 Å². The Morgan fingerprint density at radius 1 is 0.906 bits per heavy atom.